The molecule has 0 saturated heterocycles. The Morgan fingerprint density at radius 2 is 0.372 bits per heavy atom. The second-order valence-electron chi connectivity index (χ2n) is 46.9. The topological polar surface area (TPSA) is 0 Å². The molecule has 0 bridgehead atoms. The van der Waals surface area contributed by atoms with Gasteiger partial charge in [0.15, 0.2) is 0 Å². The third-order valence-electron chi connectivity index (χ3n) is 36.9. The van der Waals surface area contributed by atoms with Crippen molar-refractivity contribution in [1.82, 2.24) is 0 Å². The summed E-state index contributed by atoms with van der Waals surface area (Å²) in [5.41, 5.74) is 64.2. The Labute approximate surface area is 873 Å². The first-order valence-corrected chi connectivity index (χ1v) is 57.7. The summed E-state index contributed by atoms with van der Waals surface area (Å²) in [7, 11) is 0. The Bertz CT molecular complexity index is 6730. The number of rotatable bonds is 41. The Kier molecular flexibility index (Phi) is 30.4. The van der Waals surface area contributed by atoms with Gasteiger partial charge < -0.3 is 0 Å². The molecule has 0 aromatic heterocycles. The molecule has 0 heteroatoms. The van der Waals surface area contributed by atoms with Gasteiger partial charge >= 0.3 is 0 Å². The molecule has 0 amide bonds. The lowest BCUT2D eigenvalue weighted by atomic mass is 9.67. The molecule has 0 N–H and O–H groups in total. The maximum absolute atomic E-state index is 3.93. The van der Waals surface area contributed by atoms with E-state index in [9.17, 15) is 0 Å². The number of aryl methyl sites for hydroxylation is 25. The summed E-state index contributed by atoms with van der Waals surface area (Å²) in [6.07, 6.45) is 61.2. The van der Waals surface area contributed by atoms with Gasteiger partial charge in [-0.25, -0.2) is 0 Å². The minimum Gasteiger partial charge on any atom is -0.103 e. The number of allylic oxidation sites excluding steroid dienone is 2. The van der Waals surface area contributed by atoms with Crippen LogP contribution in [0.25, 0.3) is 44.5 Å². The van der Waals surface area contributed by atoms with Crippen molar-refractivity contribution in [2.75, 3.05) is 0 Å². The number of fused-ring (bicyclic) bond motifs is 18. The van der Waals surface area contributed by atoms with Gasteiger partial charge in [-0.1, -0.05) is 388 Å². The minimum atomic E-state index is -0.0387. The predicted molar refractivity (Wildman–Crippen MR) is 619 cm³/mol. The Hall–Kier alpha value is -11.4. The summed E-state index contributed by atoms with van der Waals surface area (Å²) in [4.78, 5) is 0. The highest BCUT2D eigenvalue weighted by Crippen LogP contribution is 2.61. The number of benzene rings is 14. The fourth-order valence-electron chi connectivity index (χ4n) is 28.1. The van der Waals surface area contributed by atoms with E-state index >= 15 is 0 Å². The average molecular weight is 1900 g/mol. The van der Waals surface area contributed by atoms with Gasteiger partial charge in [0.25, 0.3) is 0 Å². The molecule has 742 valence electrons. The molecule has 14 aromatic carbocycles. The molecule has 0 heterocycles. The van der Waals surface area contributed by atoms with E-state index in [-0.39, 0.29) is 21.7 Å². The van der Waals surface area contributed by atoms with Crippen molar-refractivity contribution in [3.63, 3.8) is 0 Å². The molecule has 0 spiro atoms. The second kappa shape index (κ2) is 44.3. The number of hydrogen-bond donors (Lipinski definition) is 0. The molecule has 0 radical (unpaired) electrons. The van der Waals surface area contributed by atoms with Crippen LogP contribution in [0.4, 0.5) is 0 Å². The monoisotopic (exact) mass is 1900 g/mol. The van der Waals surface area contributed by atoms with Crippen LogP contribution in [0.2, 0.25) is 0 Å². The van der Waals surface area contributed by atoms with Gasteiger partial charge in [0, 0.05) is 21.7 Å². The van der Waals surface area contributed by atoms with Gasteiger partial charge in [0.1, 0.15) is 0 Å². The lowest BCUT2D eigenvalue weighted by Gasteiger charge is -2.35. The van der Waals surface area contributed by atoms with Crippen molar-refractivity contribution >= 4 is 0 Å². The van der Waals surface area contributed by atoms with Gasteiger partial charge in [-0.05, 0) is 456 Å². The van der Waals surface area contributed by atoms with Crippen molar-refractivity contribution in [3.05, 3.63) is 469 Å². The fourth-order valence-corrected chi connectivity index (χ4v) is 28.1. The van der Waals surface area contributed by atoms with Crippen molar-refractivity contribution in [3.8, 4) is 44.5 Å². The smallest absolute Gasteiger partial charge is 0.0463 e. The molecular formula is C145H162. The van der Waals surface area contributed by atoms with E-state index in [0.29, 0.717) is 0 Å². The minimum absolute atomic E-state index is 0.0387. The molecule has 0 aliphatic heterocycles. The third kappa shape index (κ3) is 20.8. The molecule has 0 saturated carbocycles. The van der Waals surface area contributed by atoms with E-state index in [0.717, 1.165) is 12.8 Å². The first-order valence-electron chi connectivity index (χ1n) is 57.7. The first-order chi connectivity index (χ1) is 70.9. The van der Waals surface area contributed by atoms with Crippen molar-refractivity contribution in [2.24, 2.45) is 0 Å². The molecule has 14 aromatic rings. The summed E-state index contributed by atoms with van der Waals surface area (Å²) in [5, 5.41) is 0. The highest BCUT2D eigenvalue weighted by Gasteiger charge is 2.48. The van der Waals surface area contributed by atoms with Gasteiger partial charge in [-0.15, -0.1) is 13.2 Å². The standard InChI is InChI=1S/C43H50.C41H46.C36H36.C25H30/c1-31-13-23-39-40-24-14-32(2)28-42(40)43(41(39)27-31,25-9-5-3-7-11-33-15-17-35-19-21-37(35)29-33)26-10-6-4-8-12-34-16-18-36-20-22-38(36)30-34;1-29-11-21-37-38-22-12-30(2)26-40(38)41(39(37)25-29,23-7-3-5-9-31-13-15-33-17-19-35(33)27-31)24-8-4-6-10-32-14-16-34-18-20-36(34)28-32;1-24-7-17-32-33-18-8-25(2)21-35(33)36(34(32)20-24,31-16-15-28-12-14-30(28)23-31)19-5-3-4-6-26-9-10-27-11-13-29(27)22-26;1-5-7-9-15-25(16-10-8-6-2)23-17-19(3)11-13-21(23)22-14-12-20(4)18-24(22)25/h13-18,23-24,27-30H,3-12,19-22,25-26H2,1-2H3;11-16,21-22,25-28H,3-10,17-20,23-24H2,1-2H3;7-10,15-18,20-23H,3-6,11-14,19H2,1-2H3;5-6,11-14,17-18H,1-2,7-10,15-16H2,3-4H3. The van der Waals surface area contributed by atoms with Crippen LogP contribution in [0, 0.1) is 55.4 Å². The zero-order valence-corrected chi connectivity index (χ0v) is 89.6. The van der Waals surface area contributed by atoms with Crippen LogP contribution in [-0.2, 0) is 131 Å². The number of hydrogen-bond acceptors (Lipinski definition) is 0. The van der Waals surface area contributed by atoms with Crippen molar-refractivity contribution < 1.29 is 0 Å². The Morgan fingerprint density at radius 1 is 0.179 bits per heavy atom. The van der Waals surface area contributed by atoms with E-state index in [1.54, 1.807) is 122 Å². The Morgan fingerprint density at radius 3 is 0.593 bits per heavy atom. The summed E-state index contributed by atoms with van der Waals surface area (Å²) in [5.74, 6) is 0. The first kappa shape index (κ1) is 99.5. The molecule has 0 nitrogen and oxygen atoms in total. The van der Waals surface area contributed by atoms with Gasteiger partial charge in [-0.3, -0.25) is 0 Å². The molecule has 10 aliphatic carbocycles. The summed E-state index contributed by atoms with van der Waals surface area (Å²) < 4.78 is 0. The molecule has 0 unspecified atom stereocenters. The molecule has 145 heavy (non-hydrogen) atoms. The molecule has 0 fully saturated rings. The highest BCUT2D eigenvalue weighted by molar-refractivity contribution is 5.87. The average Bonchev–Trinajstić information content (AvgIpc) is 1.53. The molecule has 0 atom stereocenters. The molecule has 24 rings (SSSR count). The van der Waals surface area contributed by atoms with Crippen LogP contribution in [0.15, 0.2) is 280 Å². The highest BCUT2D eigenvalue weighted by atomic mass is 14.5. The lowest BCUT2D eigenvalue weighted by molar-refractivity contribution is 0.399. The van der Waals surface area contributed by atoms with Crippen molar-refractivity contribution in [1.29, 1.82) is 0 Å². The van der Waals surface area contributed by atoms with E-state index < -0.39 is 0 Å². The summed E-state index contributed by atoms with van der Waals surface area (Å²) >= 11 is 0. The third-order valence-corrected chi connectivity index (χ3v) is 36.9. The van der Waals surface area contributed by atoms with Crippen LogP contribution in [0.1, 0.15) is 369 Å². The van der Waals surface area contributed by atoms with Gasteiger partial charge in [0.2, 0.25) is 0 Å². The van der Waals surface area contributed by atoms with Crippen LogP contribution < -0.4 is 0 Å². The maximum atomic E-state index is 3.93. The van der Waals surface area contributed by atoms with Crippen LogP contribution in [0.3, 0.4) is 0 Å². The molecule has 10 aliphatic rings. The van der Waals surface area contributed by atoms with E-state index in [1.165, 1.54) is 387 Å². The fraction of sp³-hybridized carbons (Fsp3) is 0.393. The second-order valence-corrected chi connectivity index (χ2v) is 46.9. The summed E-state index contributed by atoms with van der Waals surface area (Å²) in [6, 6.07) is 101. The van der Waals surface area contributed by atoms with E-state index in [1.807, 2.05) is 0 Å². The summed E-state index contributed by atoms with van der Waals surface area (Å²) in [6.45, 7) is 25.9. The zero-order valence-electron chi connectivity index (χ0n) is 89.6. The van der Waals surface area contributed by atoms with E-state index in [2.05, 4.69) is 335 Å². The van der Waals surface area contributed by atoms with Crippen molar-refractivity contribution in [2.45, 2.75) is 366 Å². The lowest BCUT2D eigenvalue weighted by Crippen LogP contribution is -2.28. The number of unbranched alkanes of at least 4 members (excludes halogenated alkanes) is 14. The molecular weight excluding hydrogens is 1740 g/mol. The van der Waals surface area contributed by atoms with Gasteiger partial charge in [0.05, 0.1) is 0 Å². The normalized spacial score (nSPS) is 15.2. The quantitative estimate of drug-likeness (QED) is 0.0265. The van der Waals surface area contributed by atoms with Gasteiger partial charge in [-0.2, -0.15) is 0 Å². The largest absolute Gasteiger partial charge is 0.103 e. The SMILES string of the molecule is C=CCCCC1(CCCC=C)c2cc(C)ccc2-c2ccc(C)cc21.Cc1ccc2c(c1)C(CCCCCCc1ccc3c(c1)CC3)(CCCCCCc1ccc3c(c1)CC3)c1cc(C)ccc1-2.Cc1ccc2c(c1)C(CCCCCc1ccc3c(c1)CC3)(CCCCCc1ccc3c(c1)CC3)c1cc(C)ccc1-2.Cc1ccc2c(c1)C(CCCCCc1ccc3c(c1)CC3)(c1ccc3c(c1)CC3)c1cc(C)ccc1-2. The zero-order chi connectivity index (χ0) is 99.2. The maximum Gasteiger partial charge on any atom is 0.0463 e. The van der Waals surface area contributed by atoms with Crippen LogP contribution in [-0.4, -0.2) is 0 Å². The van der Waals surface area contributed by atoms with Crippen LogP contribution >= 0.6 is 0 Å². The van der Waals surface area contributed by atoms with E-state index in [4.69, 9.17) is 0 Å². The Balaban J connectivity index is 0.000000116. The predicted octanol–water partition coefficient (Wildman–Crippen LogP) is 37.4. The van der Waals surface area contributed by atoms with Crippen LogP contribution in [0.5, 0.6) is 0 Å².